The molecule has 0 bridgehead atoms. The van der Waals surface area contributed by atoms with Gasteiger partial charge >= 0.3 is 7.12 Å². The number of benzene rings is 4. The molecule has 0 fully saturated rings. The highest BCUT2D eigenvalue weighted by Gasteiger charge is 2.09. The Kier molecular flexibility index (Phi) is 10.4. The number of phenolic OH excluding ortho intramolecular Hbond substituents is 2. The van der Waals surface area contributed by atoms with Crippen molar-refractivity contribution in [3.8, 4) is 34.8 Å². The molecule has 8 heteroatoms. The van der Waals surface area contributed by atoms with E-state index < -0.39 is 7.12 Å². The fraction of sp³-hybridized carbons (Fsp3) is 0. The first-order chi connectivity index (χ1) is 16.3. The molecular formula is C26H20BBrN2O4. The normalized spacial score (nSPS) is 9.21. The minimum Gasteiger partial charge on any atom is -0.508 e. The molecule has 0 radical (unpaired) electrons. The van der Waals surface area contributed by atoms with Crippen LogP contribution in [0.4, 0.5) is 0 Å². The lowest BCUT2D eigenvalue weighted by Crippen LogP contribution is -2.29. The molecule has 4 rings (SSSR count). The van der Waals surface area contributed by atoms with Gasteiger partial charge in [0.05, 0.1) is 23.3 Å². The van der Waals surface area contributed by atoms with E-state index in [2.05, 4.69) is 22.0 Å². The molecule has 4 N–H and O–H groups in total. The molecule has 0 heterocycles. The van der Waals surface area contributed by atoms with Crippen molar-refractivity contribution < 1.29 is 20.3 Å². The molecule has 0 amide bonds. The van der Waals surface area contributed by atoms with E-state index in [0.717, 1.165) is 15.6 Å². The van der Waals surface area contributed by atoms with E-state index >= 15 is 0 Å². The van der Waals surface area contributed by atoms with Gasteiger partial charge in [-0.25, -0.2) is 0 Å². The Morgan fingerprint density at radius 3 is 1.62 bits per heavy atom. The molecule has 4 aromatic rings. The van der Waals surface area contributed by atoms with Gasteiger partial charge in [0.25, 0.3) is 0 Å². The predicted molar refractivity (Wildman–Crippen MR) is 135 cm³/mol. The summed E-state index contributed by atoms with van der Waals surface area (Å²) < 4.78 is 0.982. The molecule has 0 aliphatic rings. The Labute approximate surface area is 206 Å². The minimum atomic E-state index is -1.50. The molecule has 4 aromatic carbocycles. The van der Waals surface area contributed by atoms with Gasteiger partial charge in [0.15, 0.2) is 0 Å². The van der Waals surface area contributed by atoms with E-state index in [1.54, 1.807) is 60.7 Å². The van der Waals surface area contributed by atoms with Gasteiger partial charge < -0.3 is 20.3 Å². The van der Waals surface area contributed by atoms with Gasteiger partial charge in [0.2, 0.25) is 0 Å². The number of halogens is 1. The molecular weight excluding hydrogens is 495 g/mol. The Hall–Kier alpha value is -4.08. The van der Waals surface area contributed by atoms with E-state index in [1.807, 2.05) is 36.4 Å². The highest BCUT2D eigenvalue weighted by Crippen LogP contribution is 2.22. The van der Waals surface area contributed by atoms with Crippen molar-refractivity contribution in [2.24, 2.45) is 0 Å². The SMILES string of the molecule is N#Cc1cccc(-c2ccc(O)cc2)c1.N#Cc1cccc(B(O)O)c1.Oc1ccc(Br)cc1. The highest BCUT2D eigenvalue weighted by molar-refractivity contribution is 9.10. The van der Waals surface area contributed by atoms with Crippen molar-refractivity contribution >= 4 is 28.5 Å². The first-order valence-corrected chi connectivity index (χ1v) is 10.7. The van der Waals surface area contributed by atoms with Gasteiger partial charge in [-0.1, -0.05) is 52.3 Å². The number of hydrogen-bond donors (Lipinski definition) is 4. The number of aromatic hydroxyl groups is 2. The quantitative estimate of drug-likeness (QED) is 0.295. The number of nitriles is 2. The van der Waals surface area contributed by atoms with Crippen LogP contribution in [-0.4, -0.2) is 27.4 Å². The summed E-state index contributed by atoms with van der Waals surface area (Å²) in [5, 5.41) is 52.5. The summed E-state index contributed by atoms with van der Waals surface area (Å²) in [6.07, 6.45) is 0. The van der Waals surface area contributed by atoms with Crippen molar-refractivity contribution in [1.82, 2.24) is 0 Å². The molecule has 6 nitrogen and oxygen atoms in total. The smallest absolute Gasteiger partial charge is 0.488 e. The lowest BCUT2D eigenvalue weighted by molar-refractivity contribution is 0.425. The Morgan fingerprint density at radius 1 is 0.618 bits per heavy atom. The standard InChI is InChI=1S/C13H9NO.C7H6BNO2.C6H5BrO/c14-9-10-2-1-3-12(8-10)11-4-6-13(15)7-5-11;9-5-6-2-1-3-7(4-6)8(10)11;7-5-1-3-6(8)4-2-5/h1-8,15H;1-4,10-11H;1-4,8H. The molecule has 0 atom stereocenters. The Morgan fingerprint density at radius 2 is 1.12 bits per heavy atom. The molecule has 0 aliphatic carbocycles. The Bertz CT molecular complexity index is 1260. The second kappa shape index (κ2) is 13.5. The van der Waals surface area contributed by atoms with Crippen LogP contribution in [0, 0.1) is 22.7 Å². The maximum Gasteiger partial charge on any atom is 0.488 e. The molecule has 0 aliphatic heterocycles. The zero-order valence-corrected chi connectivity index (χ0v) is 19.5. The zero-order chi connectivity index (χ0) is 24.9. The average molecular weight is 515 g/mol. The fourth-order valence-corrected chi connectivity index (χ4v) is 2.90. The van der Waals surface area contributed by atoms with Crippen molar-refractivity contribution in [3.63, 3.8) is 0 Å². The molecule has 0 unspecified atom stereocenters. The third-order valence-corrected chi connectivity index (χ3v) is 4.86. The average Bonchev–Trinajstić information content (AvgIpc) is 2.87. The Balaban J connectivity index is 0.000000190. The first-order valence-electron chi connectivity index (χ1n) is 9.92. The van der Waals surface area contributed by atoms with Crippen LogP contribution >= 0.6 is 15.9 Å². The topological polar surface area (TPSA) is 128 Å². The van der Waals surface area contributed by atoms with Crippen molar-refractivity contribution in [2.45, 2.75) is 0 Å². The summed E-state index contributed by atoms with van der Waals surface area (Å²) in [6.45, 7) is 0. The van der Waals surface area contributed by atoms with Crippen LogP contribution in [0.2, 0.25) is 0 Å². The monoisotopic (exact) mass is 514 g/mol. The molecule has 168 valence electrons. The van der Waals surface area contributed by atoms with E-state index in [-0.39, 0.29) is 5.75 Å². The van der Waals surface area contributed by atoms with Crippen LogP contribution in [0.1, 0.15) is 11.1 Å². The van der Waals surface area contributed by atoms with Gasteiger partial charge in [-0.2, -0.15) is 10.5 Å². The van der Waals surface area contributed by atoms with Gasteiger partial charge in [-0.15, -0.1) is 0 Å². The summed E-state index contributed by atoms with van der Waals surface area (Å²) in [5.74, 6) is 0.545. The second-order valence-corrected chi connectivity index (χ2v) is 7.74. The summed E-state index contributed by atoms with van der Waals surface area (Å²) in [5.41, 5.74) is 3.37. The van der Waals surface area contributed by atoms with Crippen molar-refractivity contribution in [3.05, 3.63) is 113 Å². The maximum absolute atomic E-state index is 9.15. The lowest BCUT2D eigenvalue weighted by atomic mass is 9.80. The molecule has 34 heavy (non-hydrogen) atoms. The zero-order valence-electron chi connectivity index (χ0n) is 17.9. The van der Waals surface area contributed by atoms with Crippen LogP contribution in [0.5, 0.6) is 11.5 Å². The number of phenols is 2. The van der Waals surface area contributed by atoms with Crippen molar-refractivity contribution in [1.29, 1.82) is 10.5 Å². The summed E-state index contributed by atoms with van der Waals surface area (Å²) in [7, 11) is -1.50. The summed E-state index contributed by atoms with van der Waals surface area (Å²) in [6, 6.07) is 31.3. The summed E-state index contributed by atoms with van der Waals surface area (Å²) in [4.78, 5) is 0. The maximum atomic E-state index is 9.15. The van der Waals surface area contributed by atoms with E-state index in [1.165, 1.54) is 6.07 Å². The van der Waals surface area contributed by atoms with Crippen LogP contribution in [0.25, 0.3) is 11.1 Å². The molecule has 0 aromatic heterocycles. The summed E-state index contributed by atoms with van der Waals surface area (Å²) >= 11 is 3.23. The fourth-order valence-electron chi connectivity index (χ4n) is 2.63. The van der Waals surface area contributed by atoms with Gasteiger partial charge in [-0.05, 0) is 77.3 Å². The van der Waals surface area contributed by atoms with E-state index in [4.69, 9.17) is 30.8 Å². The second-order valence-electron chi connectivity index (χ2n) is 6.83. The van der Waals surface area contributed by atoms with E-state index in [0.29, 0.717) is 22.3 Å². The molecule has 0 spiro atoms. The van der Waals surface area contributed by atoms with Crippen LogP contribution in [0.3, 0.4) is 0 Å². The first kappa shape index (κ1) is 26.2. The van der Waals surface area contributed by atoms with Crippen LogP contribution in [-0.2, 0) is 0 Å². The number of rotatable bonds is 2. The third-order valence-electron chi connectivity index (χ3n) is 4.33. The van der Waals surface area contributed by atoms with Gasteiger partial charge in [-0.3, -0.25) is 0 Å². The van der Waals surface area contributed by atoms with Gasteiger partial charge in [0, 0.05) is 4.47 Å². The lowest BCUT2D eigenvalue weighted by Gasteiger charge is -2.01. The van der Waals surface area contributed by atoms with Crippen LogP contribution < -0.4 is 5.46 Å². The highest BCUT2D eigenvalue weighted by atomic mass is 79.9. The number of hydrogen-bond acceptors (Lipinski definition) is 6. The number of nitrogens with zero attached hydrogens (tertiary/aromatic N) is 2. The molecule has 0 saturated carbocycles. The molecule has 0 saturated heterocycles. The minimum absolute atomic E-state index is 0.246. The van der Waals surface area contributed by atoms with Gasteiger partial charge in [0.1, 0.15) is 11.5 Å². The van der Waals surface area contributed by atoms with E-state index in [9.17, 15) is 0 Å². The van der Waals surface area contributed by atoms with Crippen LogP contribution in [0.15, 0.2) is 102 Å². The predicted octanol–water partition coefficient (Wildman–Crippen LogP) is 4.32. The third kappa shape index (κ3) is 8.81. The largest absolute Gasteiger partial charge is 0.508 e. The van der Waals surface area contributed by atoms with Crippen molar-refractivity contribution in [2.75, 3.05) is 0 Å².